The largest absolute Gasteiger partial charge is 0.481 e. The molecule has 0 radical (unpaired) electrons. The zero-order chi connectivity index (χ0) is 13.7. The third-order valence-corrected chi connectivity index (χ3v) is 2.66. The monoisotopic (exact) mass is 248 g/mol. The van der Waals surface area contributed by atoms with Crippen molar-refractivity contribution in [1.82, 2.24) is 4.98 Å². The molecule has 0 spiro atoms. The maximum absolute atomic E-state index is 11.0. The number of aromatic nitrogens is 1. The topological polar surface area (TPSA) is 53.4 Å². The van der Waals surface area contributed by atoms with Crippen LogP contribution in [-0.2, 0) is 4.79 Å². The number of hydrogen-bond donors (Lipinski definition) is 1. The van der Waals surface area contributed by atoms with Crippen LogP contribution >= 0.6 is 0 Å². The molecule has 0 aliphatic carbocycles. The van der Waals surface area contributed by atoms with Gasteiger partial charge in [0.2, 0.25) is 0 Å². The molecular weight excluding hydrogens is 228 g/mol. The van der Waals surface area contributed by atoms with Gasteiger partial charge in [0.05, 0.1) is 5.92 Å². The lowest BCUT2D eigenvalue weighted by molar-refractivity contribution is -0.140. The molecule has 1 N–H and O–H groups in total. The van der Waals surface area contributed by atoms with E-state index in [4.69, 9.17) is 5.11 Å². The highest BCUT2D eigenvalue weighted by molar-refractivity contribution is 5.70. The molecule has 0 saturated heterocycles. The average Bonchev–Trinajstić information content (AvgIpc) is 2.28. The predicted molar refractivity (Wildman–Crippen MR) is 72.8 cm³/mol. The zero-order valence-electron chi connectivity index (χ0n) is 11.2. The van der Waals surface area contributed by atoms with Crippen LogP contribution in [-0.4, -0.2) is 29.1 Å². The van der Waals surface area contributed by atoms with Crippen molar-refractivity contribution in [3.63, 3.8) is 0 Å². The first kappa shape index (κ1) is 14.2. The highest BCUT2D eigenvalue weighted by Crippen LogP contribution is 2.18. The molecule has 0 aromatic carbocycles. The van der Waals surface area contributed by atoms with Crippen molar-refractivity contribution in [3.8, 4) is 0 Å². The zero-order valence-corrected chi connectivity index (χ0v) is 11.2. The van der Waals surface area contributed by atoms with Gasteiger partial charge in [-0.3, -0.25) is 4.79 Å². The Morgan fingerprint density at radius 3 is 2.78 bits per heavy atom. The van der Waals surface area contributed by atoms with Crippen LogP contribution in [0.15, 0.2) is 30.5 Å². The molecule has 4 heteroatoms. The number of aliphatic carboxylic acids is 1. The quantitative estimate of drug-likeness (QED) is 0.786. The number of carboxylic acids is 1. The Morgan fingerprint density at radius 1 is 1.61 bits per heavy atom. The van der Waals surface area contributed by atoms with Gasteiger partial charge >= 0.3 is 5.97 Å². The van der Waals surface area contributed by atoms with E-state index in [2.05, 4.69) is 11.6 Å². The summed E-state index contributed by atoms with van der Waals surface area (Å²) >= 11 is 0. The number of carboxylic acid groups (broad SMARTS) is 1. The van der Waals surface area contributed by atoms with Crippen LogP contribution in [0.3, 0.4) is 0 Å². The molecular formula is C14H20N2O2. The summed E-state index contributed by atoms with van der Waals surface area (Å²) in [6.45, 7) is 10.5. The van der Waals surface area contributed by atoms with Crippen molar-refractivity contribution >= 4 is 11.8 Å². The molecule has 1 heterocycles. The van der Waals surface area contributed by atoms with Gasteiger partial charge < -0.3 is 10.0 Å². The maximum Gasteiger partial charge on any atom is 0.308 e. The number of anilines is 1. The van der Waals surface area contributed by atoms with Crippen LogP contribution in [0.1, 0.15) is 19.4 Å². The Kier molecular flexibility index (Phi) is 4.89. The van der Waals surface area contributed by atoms with Gasteiger partial charge in [-0.25, -0.2) is 4.98 Å². The second kappa shape index (κ2) is 6.19. The standard InChI is InChI=1S/C14H20N2O2/c1-10(2)8-16(9-12(4)14(17)18)13-11(3)6-5-7-15-13/h5-7,12H,1,8-9H2,2-4H3,(H,17,18). The van der Waals surface area contributed by atoms with E-state index in [9.17, 15) is 4.79 Å². The lowest BCUT2D eigenvalue weighted by atomic mass is 10.1. The molecule has 1 atom stereocenters. The van der Waals surface area contributed by atoms with Gasteiger partial charge in [0.1, 0.15) is 5.82 Å². The lowest BCUT2D eigenvalue weighted by Crippen LogP contribution is -2.34. The Balaban J connectivity index is 2.95. The molecule has 1 unspecified atom stereocenters. The van der Waals surface area contributed by atoms with Gasteiger partial charge in [-0.2, -0.15) is 0 Å². The first-order chi connectivity index (χ1) is 8.41. The Hall–Kier alpha value is -1.84. The van der Waals surface area contributed by atoms with Crippen LogP contribution in [0.2, 0.25) is 0 Å². The second-order valence-electron chi connectivity index (χ2n) is 4.72. The second-order valence-corrected chi connectivity index (χ2v) is 4.72. The SMILES string of the molecule is C=C(C)CN(CC(C)C(=O)O)c1ncccc1C. The summed E-state index contributed by atoms with van der Waals surface area (Å²) < 4.78 is 0. The van der Waals surface area contributed by atoms with Gasteiger partial charge in [0, 0.05) is 19.3 Å². The van der Waals surface area contributed by atoms with Crippen molar-refractivity contribution in [1.29, 1.82) is 0 Å². The first-order valence-electron chi connectivity index (χ1n) is 5.95. The highest BCUT2D eigenvalue weighted by atomic mass is 16.4. The number of aryl methyl sites for hydroxylation is 1. The minimum atomic E-state index is -0.796. The van der Waals surface area contributed by atoms with E-state index in [-0.39, 0.29) is 0 Å². The van der Waals surface area contributed by atoms with Crippen LogP contribution < -0.4 is 4.90 Å². The molecule has 0 aliphatic heterocycles. The van der Waals surface area contributed by atoms with Crippen LogP contribution in [0.5, 0.6) is 0 Å². The van der Waals surface area contributed by atoms with E-state index in [1.54, 1.807) is 13.1 Å². The molecule has 0 aliphatic rings. The summed E-state index contributed by atoms with van der Waals surface area (Å²) in [5.74, 6) is -0.408. The molecule has 0 bridgehead atoms. The number of rotatable bonds is 6. The molecule has 0 fully saturated rings. The van der Waals surface area contributed by atoms with E-state index in [1.807, 2.05) is 30.9 Å². The fraction of sp³-hybridized carbons (Fsp3) is 0.429. The molecule has 1 rings (SSSR count). The van der Waals surface area contributed by atoms with Crippen molar-refractivity contribution in [3.05, 3.63) is 36.0 Å². The van der Waals surface area contributed by atoms with Crippen LogP contribution in [0.25, 0.3) is 0 Å². The third-order valence-electron chi connectivity index (χ3n) is 2.66. The fourth-order valence-electron chi connectivity index (χ4n) is 1.77. The smallest absolute Gasteiger partial charge is 0.308 e. The molecule has 18 heavy (non-hydrogen) atoms. The van der Waals surface area contributed by atoms with Crippen LogP contribution in [0.4, 0.5) is 5.82 Å². The van der Waals surface area contributed by atoms with Crippen LogP contribution in [0, 0.1) is 12.8 Å². The lowest BCUT2D eigenvalue weighted by Gasteiger charge is -2.27. The molecule has 98 valence electrons. The number of hydrogen-bond acceptors (Lipinski definition) is 3. The van der Waals surface area contributed by atoms with E-state index in [0.717, 1.165) is 17.0 Å². The maximum atomic E-state index is 11.0. The van der Waals surface area contributed by atoms with Crippen molar-refractivity contribution in [2.24, 2.45) is 5.92 Å². The number of pyridine rings is 1. The van der Waals surface area contributed by atoms with E-state index in [0.29, 0.717) is 13.1 Å². The third kappa shape index (κ3) is 3.87. The normalized spacial score (nSPS) is 11.9. The summed E-state index contributed by atoms with van der Waals surface area (Å²) in [5, 5.41) is 9.01. The highest BCUT2D eigenvalue weighted by Gasteiger charge is 2.18. The molecule has 1 aromatic rings. The van der Waals surface area contributed by atoms with E-state index in [1.165, 1.54) is 0 Å². The Bertz CT molecular complexity index is 443. The number of carbonyl (C=O) groups is 1. The van der Waals surface area contributed by atoms with E-state index < -0.39 is 11.9 Å². The minimum absolute atomic E-state index is 0.431. The summed E-state index contributed by atoms with van der Waals surface area (Å²) in [4.78, 5) is 17.3. The number of nitrogens with zero attached hydrogens (tertiary/aromatic N) is 2. The van der Waals surface area contributed by atoms with Crippen molar-refractivity contribution in [2.45, 2.75) is 20.8 Å². The Morgan fingerprint density at radius 2 is 2.28 bits per heavy atom. The summed E-state index contributed by atoms with van der Waals surface area (Å²) in [6, 6.07) is 3.84. The van der Waals surface area contributed by atoms with Gasteiger partial charge in [-0.1, -0.05) is 25.1 Å². The van der Waals surface area contributed by atoms with Gasteiger partial charge in [-0.05, 0) is 25.5 Å². The van der Waals surface area contributed by atoms with Crippen molar-refractivity contribution < 1.29 is 9.90 Å². The molecule has 0 amide bonds. The van der Waals surface area contributed by atoms with E-state index >= 15 is 0 Å². The molecule has 0 saturated carbocycles. The first-order valence-corrected chi connectivity index (χ1v) is 5.95. The van der Waals surface area contributed by atoms with Gasteiger partial charge in [0.15, 0.2) is 0 Å². The van der Waals surface area contributed by atoms with Crippen molar-refractivity contribution in [2.75, 3.05) is 18.0 Å². The molecule has 1 aromatic heterocycles. The summed E-state index contributed by atoms with van der Waals surface area (Å²) in [6.07, 6.45) is 1.72. The minimum Gasteiger partial charge on any atom is -0.481 e. The fourth-order valence-corrected chi connectivity index (χ4v) is 1.77. The predicted octanol–water partition coefficient (Wildman–Crippen LogP) is 2.49. The van der Waals surface area contributed by atoms with Gasteiger partial charge in [-0.15, -0.1) is 0 Å². The molecule has 4 nitrogen and oxygen atoms in total. The summed E-state index contributed by atoms with van der Waals surface area (Å²) in [7, 11) is 0. The average molecular weight is 248 g/mol. The Labute approximate surface area is 108 Å². The van der Waals surface area contributed by atoms with Gasteiger partial charge in [0.25, 0.3) is 0 Å². The summed E-state index contributed by atoms with van der Waals surface area (Å²) in [5.41, 5.74) is 2.02.